The molecule has 0 aromatic rings. The Hall–Kier alpha value is -1.00. The van der Waals surface area contributed by atoms with Gasteiger partial charge in [0.2, 0.25) is 0 Å². The molecule has 0 aliphatic heterocycles. The molecule has 0 aromatic carbocycles. The second kappa shape index (κ2) is 0. The minimum absolute atomic E-state index is 0. The summed E-state index contributed by atoms with van der Waals surface area (Å²) in [6.07, 6.45) is 1.79. The summed E-state index contributed by atoms with van der Waals surface area (Å²) in [5.74, 6) is 0. The molecule has 0 atom stereocenters. The minimum Gasteiger partial charge on any atom is -0.358 e. The first-order chi connectivity index (χ1) is 1.91. The number of hydrogen-bond acceptors (Lipinski definition) is 0. The van der Waals surface area contributed by atoms with Crippen LogP contribution in [0.25, 0.3) is 0 Å². The average molecular weight is 322 g/mol. The molecule has 0 aromatic heterocycles. The summed E-state index contributed by atoms with van der Waals surface area (Å²) in [6, 6.07) is 0. The Bertz CT molecular complexity index is 9.51. The van der Waals surface area contributed by atoms with Crippen LogP contribution in [0.4, 0.5) is 0 Å². The second-order valence-corrected chi connectivity index (χ2v) is 0.408. The normalized spacial score (nSPS) is 6.20. The Morgan fingerprint density at radius 2 is 2.00 bits per heavy atom. The molecule has 0 saturated carbocycles. The molecular formula is C4H10Lr-2. The van der Waals surface area contributed by atoms with Gasteiger partial charge in [0.15, 0.2) is 0 Å². The van der Waals surface area contributed by atoms with Gasteiger partial charge in [-0.3, -0.25) is 0 Å². The van der Waals surface area contributed by atoms with E-state index in [0.717, 1.165) is 0 Å². The van der Waals surface area contributed by atoms with Crippen molar-refractivity contribution in [2.75, 3.05) is 0 Å². The molecule has 0 heterocycles. The molecule has 0 unspecified atom stereocenters. The van der Waals surface area contributed by atoms with Crippen LogP contribution in [-0.2, 0) is 0 Å². The standard InChI is InChI=1S/C3H7.CH3.Lr/c1-3-2;;/h3H,1-2H3;1H3;/q2*-1;/i1T;;. The summed E-state index contributed by atoms with van der Waals surface area (Å²) in [5.41, 5.74) is 0. The molecule has 0 nitrogen and oxygen atoms in total. The van der Waals surface area contributed by atoms with Gasteiger partial charge in [0.05, 0.1) is 0 Å². The molecule has 0 aliphatic rings. The van der Waals surface area contributed by atoms with Crippen LogP contribution in [0.15, 0.2) is 0 Å². The van der Waals surface area contributed by atoms with Crippen LogP contribution in [0.5, 0.6) is 0 Å². The van der Waals surface area contributed by atoms with Gasteiger partial charge < -0.3 is 13.8 Å². The molecule has 0 bridgehead atoms. The van der Waals surface area contributed by atoms with E-state index >= 15 is 0 Å². The van der Waals surface area contributed by atoms with Crippen molar-refractivity contribution in [1.29, 1.82) is 0 Å². The fourth-order valence-corrected chi connectivity index (χ4v) is 0. The largest absolute Gasteiger partial charge is 0.358 e. The fraction of sp³-hybridized carbons (Fsp3) is 0.500. The van der Waals surface area contributed by atoms with Crippen molar-refractivity contribution in [1.82, 2.24) is 0 Å². The maximum absolute atomic E-state index is 6.40. The first-order valence-corrected chi connectivity index (χ1v) is 0.986. The predicted octanol–water partition coefficient (Wildman–Crippen LogP) is 1.68. The van der Waals surface area contributed by atoms with Gasteiger partial charge in [-0.2, -0.15) is 13.8 Å². The van der Waals surface area contributed by atoms with E-state index < -0.39 is 0 Å². The molecule has 43 valence electrons. The second-order valence-electron chi connectivity index (χ2n) is 0.408. The zero-order chi connectivity index (χ0) is 3.41. The van der Waals surface area contributed by atoms with E-state index in [4.69, 9.17) is 1.37 Å². The zero-order valence-electron chi connectivity index (χ0n) is 4.54. The van der Waals surface area contributed by atoms with Crippen molar-refractivity contribution in [3.63, 3.8) is 0 Å². The Balaban J connectivity index is -0.0000000450. The number of hydrogen-bond donors (Lipinski definition) is 0. The van der Waals surface area contributed by atoms with Crippen LogP contribution >= 0.6 is 0 Å². The van der Waals surface area contributed by atoms with Crippen LogP contribution in [0, 0.1) is 13.8 Å². The Labute approximate surface area is 30.2 Å². The minimum atomic E-state index is 0. The molecule has 1 heteroatoms. The van der Waals surface area contributed by atoms with Gasteiger partial charge in [0.25, 0.3) is 0 Å². The van der Waals surface area contributed by atoms with E-state index in [1.807, 2.05) is 6.92 Å². The molecule has 0 N–H and O–H groups in total. The summed E-state index contributed by atoms with van der Waals surface area (Å²) < 4.78 is 6.40. The van der Waals surface area contributed by atoms with Gasteiger partial charge in [-0.15, -0.1) is 0 Å². The predicted molar refractivity (Wildman–Crippen MR) is 22.1 cm³/mol. The van der Waals surface area contributed by atoms with Crippen molar-refractivity contribution in [3.05, 3.63) is 13.8 Å². The molecular weight excluding hydrogens is 310 g/mol. The van der Waals surface area contributed by atoms with E-state index in [-0.39, 0.29) is 7.43 Å². The van der Waals surface area contributed by atoms with Gasteiger partial charge in [-0.1, -0.05) is 0 Å². The summed E-state index contributed by atoms with van der Waals surface area (Å²) in [5, 5.41) is 0. The van der Waals surface area contributed by atoms with Gasteiger partial charge >= 0.3 is 0 Å². The van der Waals surface area contributed by atoms with E-state index in [1.165, 1.54) is 0 Å². The third-order valence-electron chi connectivity index (χ3n) is 0. The summed E-state index contributed by atoms with van der Waals surface area (Å²) in [4.78, 5) is 0. The van der Waals surface area contributed by atoms with Crippen LogP contribution < -0.4 is 0 Å². The van der Waals surface area contributed by atoms with Crippen molar-refractivity contribution in [2.45, 2.75) is 13.8 Å². The fourth-order valence-electron chi connectivity index (χ4n) is 0. The number of rotatable bonds is 0. The Morgan fingerprint density at radius 3 is 2.00 bits per heavy atom. The molecule has 0 fully saturated rings. The van der Waals surface area contributed by atoms with Crippen LogP contribution in [0.2, 0.25) is 0 Å². The van der Waals surface area contributed by atoms with Crippen LogP contribution in [0.1, 0.15) is 15.2 Å². The summed E-state index contributed by atoms with van der Waals surface area (Å²) in [7, 11) is 0. The van der Waals surface area contributed by atoms with Gasteiger partial charge in [-0.25, -0.2) is 0 Å². The molecule has 0 amide bonds. The Morgan fingerprint density at radius 1 is 1.80 bits per heavy atom. The summed E-state index contributed by atoms with van der Waals surface area (Å²) >= 11 is 0. The van der Waals surface area contributed by atoms with E-state index in [9.17, 15) is 0 Å². The molecule has 0 spiro atoms. The molecule has 0 rings (SSSR count). The Kier molecular flexibility index (Phi) is 0. The van der Waals surface area contributed by atoms with Crippen molar-refractivity contribution in [2.24, 2.45) is 0 Å². The quantitative estimate of drug-likeness (QED) is 0.596. The third-order valence-corrected chi connectivity index (χ3v) is 0. The van der Waals surface area contributed by atoms with Gasteiger partial charge in [0.1, 0.15) is 0 Å². The van der Waals surface area contributed by atoms with Crippen LogP contribution in [0.3, 0.4) is 0 Å². The van der Waals surface area contributed by atoms with Crippen LogP contribution in [-0.4, -0.2) is 0 Å². The third kappa shape index (κ3) is 3.00. The molecule has 0 aliphatic carbocycles. The van der Waals surface area contributed by atoms with Gasteiger partial charge in [0, 0.05) is 0 Å². The summed E-state index contributed by atoms with van der Waals surface area (Å²) in [6.45, 7) is 2.31. The molecule has 0 saturated heterocycles. The van der Waals surface area contributed by atoms with Crippen molar-refractivity contribution < 1.29 is 1.37 Å². The SMILES string of the molecule is [3H]C[CH-]C.[CH3-].[Lr]. The van der Waals surface area contributed by atoms with E-state index in [0.29, 0.717) is 6.90 Å². The van der Waals surface area contributed by atoms with Crippen molar-refractivity contribution in [3.8, 4) is 0 Å². The average Bonchev–Trinajstić information content (AvgIpc) is 1.37. The molecule has 5 heavy (non-hydrogen) atoms. The van der Waals surface area contributed by atoms with E-state index in [1.54, 1.807) is 6.42 Å². The van der Waals surface area contributed by atoms with Gasteiger partial charge in [-0.05, 0) is 1.37 Å². The maximum atomic E-state index is 6.40. The monoisotopic (exact) mass is 322 g/mol. The topological polar surface area (TPSA) is 0 Å². The zero-order valence-corrected chi connectivity index (χ0v) is 5.69. The van der Waals surface area contributed by atoms with E-state index in [2.05, 4.69) is 0 Å². The first-order valence-electron chi connectivity index (χ1n) is 1.69. The first kappa shape index (κ1) is 9.00. The maximum Gasteiger partial charge on any atom is 0 e. The smallest absolute Gasteiger partial charge is 0 e. The van der Waals surface area contributed by atoms with Crippen molar-refractivity contribution >= 4 is 0 Å². The molecule has 1 radical (unpaired) electrons.